The van der Waals surface area contributed by atoms with E-state index in [2.05, 4.69) is 17.5 Å². The van der Waals surface area contributed by atoms with Gasteiger partial charge >= 0.3 is 5.97 Å². The summed E-state index contributed by atoms with van der Waals surface area (Å²) in [6.45, 7) is 3.17. The van der Waals surface area contributed by atoms with E-state index < -0.39 is 5.97 Å². The van der Waals surface area contributed by atoms with Crippen LogP contribution in [0.25, 0.3) is 0 Å². The molecule has 0 saturated heterocycles. The molecule has 210 valence electrons. The molecule has 1 N–H and O–H groups in total. The first-order valence-corrected chi connectivity index (χ1v) is 13.3. The summed E-state index contributed by atoms with van der Waals surface area (Å²) >= 11 is 0. The smallest absolute Gasteiger partial charge is 0.343 e. The number of rotatable bonds is 13. The summed E-state index contributed by atoms with van der Waals surface area (Å²) in [5.74, 6) is 1.09. The van der Waals surface area contributed by atoms with E-state index in [4.69, 9.17) is 18.9 Å². The second-order valence-corrected chi connectivity index (χ2v) is 9.02. The van der Waals surface area contributed by atoms with Crippen LogP contribution >= 0.6 is 0 Å². The Bertz CT molecular complexity index is 1450. The fourth-order valence-electron chi connectivity index (χ4n) is 3.70. The van der Waals surface area contributed by atoms with E-state index in [1.165, 1.54) is 13.3 Å². The van der Waals surface area contributed by atoms with Crippen molar-refractivity contribution in [2.24, 2.45) is 5.10 Å². The van der Waals surface area contributed by atoms with E-state index in [0.29, 0.717) is 47.2 Å². The molecule has 0 aromatic heterocycles. The SMILES string of the molecule is CCCCOc1ccc(C(=O)Oc2ccc(/C=N\NC(=O)c3ccc(OCc4ccccc4)cc3)cc2OC)cc1. The Labute approximate surface area is 239 Å². The number of hydrogen-bond acceptors (Lipinski definition) is 7. The van der Waals surface area contributed by atoms with Crippen LogP contribution in [0.4, 0.5) is 0 Å². The molecule has 41 heavy (non-hydrogen) atoms. The van der Waals surface area contributed by atoms with E-state index in [1.54, 1.807) is 66.7 Å². The molecule has 0 aliphatic heterocycles. The summed E-state index contributed by atoms with van der Waals surface area (Å²) in [4.78, 5) is 25.1. The molecule has 0 atom stereocenters. The third-order valence-electron chi connectivity index (χ3n) is 5.99. The van der Waals surface area contributed by atoms with Crippen LogP contribution in [-0.4, -0.2) is 31.8 Å². The summed E-state index contributed by atoms with van der Waals surface area (Å²) < 4.78 is 22.3. The van der Waals surface area contributed by atoms with E-state index in [9.17, 15) is 9.59 Å². The molecule has 0 saturated carbocycles. The van der Waals surface area contributed by atoms with E-state index in [-0.39, 0.29) is 11.7 Å². The van der Waals surface area contributed by atoms with Crippen LogP contribution in [-0.2, 0) is 6.61 Å². The average Bonchev–Trinajstić information content (AvgIpc) is 3.01. The van der Waals surface area contributed by atoms with Crippen LogP contribution in [0.3, 0.4) is 0 Å². The Kier molecular flexibility index (Phi) is 10.5. The van der Waals surface area contributed by atoms with Crippen LogP contribution in [0.2, 0.25) is 0 Å². The van der Waals surface area contributed by atoms with Crippen LogP contribution in [0.15, 0.2) is 102 Å². The first-order chi connectivity index (χ1) is 20.1. The van der Waals surface area contributed by atoms with Crippen molar-refractivity contribution in [3.63, 3.8) is 0 Å². The van der Waals surface area contributed by atoms with E-state index in [1.807, 2.05) is 30.3 Å². The monoisotopic (exact) mass is 552 g/mol. The largest absolute Gasteiger partial charge is 0.494 e. The summed E-state index contributed by atoms with van der Waals surface area (Å²) in [6, 6.07) is 28.4. The number of benzene rings is 4. The van der Waals surface area contributed by atoms with Crippen LogP contribution in [0, 0.1) is 0 Å². The van der Waals surface area contributed by atoms with Gasteiger partial charge in [-0.3, -0.25) is 4.79 Å². The molecule has 8 heteroatoms. The predicted molar refractivity (Wildman–Crippen MR) is 157 cm³/mol. The molecular formula is C33H32N2O6. The number of hydrogen-bond donors (Lipinski definition) is 1. The quantitative estimate of drug-likeness (QED) is 0.0675. The molecule has 4 aromatic rings. The minimum absolute atomic E-state index is 0.261. The van der Waals surface area contributed by atoms with Gasteiger partial charge in [-0.25, -0.2) is 10.2 Å². The molecule has 0 unspecified atom stereocenters. The molecule has 0 bridgehead atoms. The van der Waals surface area contributed by atoms with Gasteiger partial charge in [0.25, 0.3) is 5.91 Å². The van der Waals surface area contributed by atoms with Crippen molar-refractivity contribution in [1.82, 2.24) is 5.43 Å². The minimum atomic E-state index is -0.520. The normalized spacial score (nSPS) is 10.7. The maximum atomic E-state index is 12.6. The molecule has 8 nitrogen and oxygen atoms in total. The molecule has 0 aliphatic rings. The molecule has 0 aliphatic carbocycles. The van der Waals surface area contributed by atoms with Gasteiger partial charge in [-0.05, 0) is 84.3 Å². The number of methoxy groups -OCH3 is 1. The topological polar surface area (TPSA) is 95.5 Å². The standard InChI is InChI=1S/C33H32N2O6/c1-3-4-20-39-28-17-13-27(14-18-28)33(37)41-30-19-10-25(21-31(30)38-2)22-34-35-32(36)26-11-15-29(16-12-26)40-23-24-8-6-5-7-9-24/h5-19,21-22H,3-4,20,23H2,1-2H3,(H,35,36)/b34-22-. The highest BCUT2D eigenvalue weighted by Crippen LogP contribution is 2.28. The molecule has 4 rings (SSSR count). The second-order valence-electron chi connectivity index (χ2n) is 9.02. The molecule has 1 amide bonds. The van der Waals surface area contributed by atoms with Gasteiger partial charge in [0.1, 0.15) is 18.1 Å². The lowest BCUT2D eigenvalue weighted by Crippen LogP contribution is -2.17. The summed E-state index contributed by atoms with van der Waals surface area (Å²) in [5.41, 5.74) is 5.03. The van der Waals surface area contributed by atoms with Crippen molar-refractivity contribution in [3.05, 3.63) is 119 Å². The average molecular weight is 553 g/mol. The molecule has 0 radical (unpaired) electrons. The number of amides is 1. The molecule has 0 heterocycles. The van der Waals surface area contributed by atoms with E-state index >= 15 is 0 Å². The van der Waals surface area contributed by atoms with Crippen molar-refractivity contribution < 1.29 is 28.5 Å². The van der Waals surface area contributed by atoms with Crippen molar-refractivity contribution in [3.8, 4) is 23.0 Å². The lowest BCUT2D eigenvalue weighted by atomic mass is 10.2. The van der Waals surface area contributed by atoms with Gasteiger partial charge in [-0.15, -0.1) is 0 Å². The molecule has 0 fully saturated rings. The Morgan fingerprint density at radius 2 is 1.49 bits per heavy atom. The van der Waals surface area contributed by atoms with Crippen molar-refractivity contribution in [2.75, 3.05) is 13.7 Å². The minimum Gasteiger partial charge on any atom is -0.494 e. The molecule has 4 aromatic carbocycles. The number of unbranched alkanes of at least 4 members (excludes halogenated alkanes) is 1. The number of nitrogens with zero attached hydrogens (tertiary/aromatic N) is 1. The van der Waals surface area contributed by atoms with Gasteiger partial charge < -0.3 is 18.9 Å². The van der Waals surface area contributed by atoms with Crippen LogP contribution < -0.4 is 24.4 Å². The first-order valence-electron chi connectivity index (χ1n) is 13.3. The number of hydrazone groups is 1. The Morgan fingerprint density at radius 3 is 2.17 bits per heavy atom. The van der Waals surface area contributed by atoms with Gasteiger partial charge in [-0.1, -0.05) is 43.7 Å². The lowest BCUT2D eigenvalue weighted by molar-refractivity contribution is 0.0729. The van der Waals surface area contributed by atoms with Crippen molar-refractivity contribution in [2.45, 2.75) is 26.4 Å². The summed E-state index contributed by atoms with van der Waals surface area (Å²) in [5, 5.41) is 4.03. The Hall–Kier alpha value is -5.11. The van der Waals surface area contributed by atoms with Crippen LogP contribution in [0.1, 0.15) is 51.6 Å². The van der Waals surface area contributed by atoms with Gasteiger partial charge in [0.2, 0.25) is 0 Å². The van der Waals surface area contributed by atoms with Crippen molar-refractivity contribution in [1.29, 1.82) is 0 Å². The molecule has 0 spiro atoms. The maximum Gasteiger partial charge on any atom is 0.343 e. The summed E-state index contributed by atoms with van der Waals surface area (Å²) in [7, 11) is 1.48. The number of carbonyl (C=O) groups excluding carboxylic acids is 2. The number of nitrogens with one attached hydrogen (secondary N) is 1. The van der Waals surface area contributed by atoms with Gasteiger partial charge in [0.05, 0.1) is 25.5 Å². The highest BCUT2D eigenvalue weighted by Gasteiger charge is 2.13. The maximum absolute atomic E-state index is 12.6. The molecular weight excluding hydrogens is 520 g/mol. The third kappa shape index (κ3) is 8.69. The Balaban J connectivity index is 1.29. The predicted octanol–water partition coefficient (Wildman–Crippen LogP) is 6.44. The highest BCUT2D eigenvalue weighted by molar-refractivity contribution is 5.95. The fraction of sp³-hybridized carbons (Fsp3) is 0.182. The number of esters is 1. The number of carbonyl (C=O) groups is 2. The zero-order chi connectivity index (χ0) is 28.9. The zero-order valence-corrected chi connectivity index (χ0v) is 23.0. The van der Waals surface area contributed by atoms with Gasteiger partial charge in [-0.2, -0.15) is 5.10 Å². The fourth-order valence-corrected chi connectivity index (χ4v) is 3.70. The number of ether oxygens (including phenoxy) is 4. The zero-order valence-electron chi connectivity index (χ0n) is 23.0. The van der Waals surface area contributed by atoms with E-state index in [0.717, 1.165) is 18.4 Å². The van der Waals surface area contributed by atoms with Crippen LogP contribution in [0.5, 0.6) is 23.0 Å². The lowest BCUT2D eigenvalue weighted by Gasteiger charge is -2.10. The van der Waals surface area contributed by atoms with Crippen molar-refractivity contribution >= 4 is 18.1 Å². The highest BCUT2D eigenvalue weighted by atomic mass is 16.6. The van der Waals surface area contributed by atoms with Gasteiger partial charge in [0.15, 0.2) is 11.5 Å². The second kappa shape index (κ2) is 14.9. The third-order valence-corrected chi connectivity index (χ3v) is 5.99. The Morgan fingerprint density at radius 1 is 0.805 bits per heavy atom. The van der Waals surface area contributed by atoms with Gasteiger partial charge in [0, 0.05) is 5.56 Å². The first kappa shape index (κ1) is 28.9. The summed E-state index contributed by atoms with van der Waals surface area (Å²) in [6.07, 6.45) is 3.49.